The first kappa shape index (κ1) is 17.6. The number of likely N-dealkylation sites (tertiary alicyclic amines) is 2. The molecule has 142 valence electrons. The van der Waals surface area contributed by atoms with Crippen LogP contribution in [0.4, 0.5) is 0 Å². The number of carbonyl (C=O) groups excluding carboxylic acids is 2. The van der Waals surface area contributed by atoms with E-state index in [0.29, 0.717) is 18.7 Å². The van der Waals surface area contributed by atoms with Crippen LogP contribution in [-0.4, -0.2) is 58.9 Å². The highest BCUT2D eigenvalue weighted by Gasteiger charge is 2.26. The molecule has 1 aromatic heterocycles. The van der Waals surface area contributed by atoms with Gasteiger partial charge in [-0.05, 0) is 37.1 Å². The highest BCUT2D eigenvalue weighted by molar-refractivity contribution is 5.94. The van der Waals surface area contributed by atoms with Crippen LogP contribution in [0.15, 0.2) is 41.3 Å². The van der Waals surface area contributed by atoms with Crippen molar-refractivity contribution in [2.24, 2.45) is 0 Å². The lowest BCUT2D eigenvalue weighted by atomic mass is 10.1. The van der Waals surface area contributed by atoms with Gasteiger partial charge in [-0.3, -0.25) is 9.59 Å². The topological polar surface area (TPSA) is 75.9 Å². The number of carbonyl (C=O) groups is 2. The Balaban J connectivity index is 1.29. The molecular weight excluding hydrogens is 346 g/mol. The Morgan fingerprint density at radius 3 is 2.26 bits per heavy atom. The van der Waals surface area contributed by atoms with Crippen LogP contribution >= 0.6 is 0 Å². The molecule has 0 atom stereocenters. The molecule has 0 N–H and O–H groups in total. The van der Waals surface area contributed by atoms with Gasteiger partial charge >= 0.3 is 0 Å². The largest absolute Gasteiger partial charge is 0.490 e. The van der Waals surface area contributed by atoms with E-state index >= 15 is 0 Å². The van der Waals surface area contributed by atoms with Gasteiger partial charge in [-0.2, -0.15) is 0 Å². The third-order valence-electron chi connectivity index (χ3n) is 5.17. The molecule has 0 spiro atoms. The highest BCUT2D eigenvalue weighted by atomic mass is 16.5. The van der Waals surface area contributed by atoms with E-state index in [9.17, 15) is 9.59 Å². The van der Waals surface area contributed by atoms with Gasteiger partial charge in [0.05, 0.1) is 6.20 Å². The van der Waals surface area contributed by atoms with Crippen LogP contribution in [0, 0.1) is 0 Å². The zero-order valence-corrected chi connectivity index (χ0v) is 15.2. The normalized spacial score (nSPS) is 17.9. The number of ether oxygens (including phenoxy) is 1. The Morgan fingerprint density at radius 1 is 0.963 bits per heavy atom. The van der Waals surface area contributed by atoms with Gasteiger partial charge in [0.1, 0.15) is 11.9 Å². The first-order chi connectivity index (χ1) is 13.2. The Kier molecular flexibility index (Phi) is 5.09. The van der Waals surface area contributed by atoms with E-state index in [0.717, 1.165) is 44.5 Å². The fourth-order valence-electron chi connectivity index (χ4n) is 3.63. The Hall–Kier alpha value is -2.83. The maximum Gasteiger partial charge on any atom is 0.291 e. The molecule has 7 heteroatoms. The predicted molar refractivity (Wildman–Crippen MR) is 97.6 cm³/mol. The van der Waals surface area contributed by atoms with E-state index in [2.05, 4.69) is 4.98 Å². The summed E-state index contributed by atoms with van der Waals surface area (Å²) in [6.07, 6.45) is 6.46. The van der Waals surface area contributed by atoms with Crippen LogP contribution in [0.5, 0.6) is 5.75 Å². The number of benzene rings is 1. The number of piperidine rings is 1. The van der Waals surface area contributed by atoms with Crippen LogP contribution in [0.3, 0.4) is 0 Å². The zero-order chi connectivity index (χ0) is 18.6. The summed E-state index contributed by atoms with van der Waals surface area (Å²) in [5.41, 5.74) is 0.705. The number of hydrogen-bond acceptors (Lipinski definition) is 5. The molecule has 0 saturated carbocycles. The van der Waals surface area contributed by atoms with Gasteiger partial charge in [0, 0.05) is 44.6 Å². The van der Waals surface area contributed by atoms with Crippen molar-refractivity contribution in [3.05, 3.63) is 48.2 Å². The number of rotatable bonds is 4. The van der Waals surface area contributed by atoms with Crippen molar-refractivity contribution in [1.29, 1.82) is 0 Å². The minimum Gasteiger partial charge on any atom is -0.490 e. The maximum atomic E-state index is 12.4. The molecule has 2 aliphatic heterocycles. The quantitative estimate of drug-likeness (QED) is 0.828. The molecule has 0 radical (unpaired) electrons. The van der Waals surface area contributed by atoms with E-state index in [-0.39, 0.29) is 23.7 Å². The SMILES string of the molecule is O=C(c1ccc(OC2CCN(C(=O)c3cnco3)CC2)cc1)N1CCCC1. The first-order valence-electron chi connectivity index (χ1n) is 9.44. The average molecular weight is 369 g/mol. The van der Waals surface area contributed by atoms with Gasteiger partial charge < -0.3 is 19.0 Å². The fraction of sp³-hybridized carbons (Fsp3) is 0.450. The van der Waals surface area contributed by atoms with Crippen molar-refractivity contribution in [3.63, 3.8) is 0 Å². The van der Waals surface area contributed by atoms with Gasteiger partial charge in [0.25, 0.3) is 11.8 Å². The summed E-state index contributed by atoms with van der Waals surface area (Å²) in [5, 5.41) is 0. The molecule has 3 heterocycles. The smallest absolute Gasteiger partial charge is 0.291 e. The monoisotopic (exact) mass is 369 g/mol. The van der Waals surface area contributed by atoms with Gasteiger partial charge in [-0.25, -0.2) is 4.98 Å². The third-order valence-corrected chi connectivity index (χ3v) is 5.17. The average Bonchev–Trinajstić information content (AvgIpc) is 3.42. The molecule has 2 fully saturated rings. The van der Waals surface area contributed by atoms with E-state index in [1.165, 1.54) is 12.6 Å². The summed E-state index contributed by atoms with van der Waals surface area (Å²) >= 11 is 0. The lowest BCUT2D eigenvalue weighted by Gasteiger charge is -2.31. The maximum absolute atomic E-state index is 12.4. The second kappa shape index (κ2) is 7.82. The lowest BCUT2D eigenvalue weighted by molar-refractivity contribution is 0.0567. The molecule has 0 bridgehead atoms. The van der Waals surface area contributed by atoms with E-state index in [1.54, 1.807) is 4.90 Å². The van der Waals surface area contributed by atoms with Crippen molar-refractivity contribution in [2.45, 2.75) is 31.8 Å². The standard InChI is InChI=1S/C20H23N3O4/c24-19(22-9-1-2-10-22)15-3-5-16(6-4-15)27-17-7-11-23(12-8-17)20(25)18-13-21-14-26-18/h3-6,13-14,17H,1-2,7-12H2. The zero-order valence-electron chi connectivity index (χ0n) is 15.2. The van der Waals surface area contributed by atoms with Crippen molar-refractivity contribution in [1.82, 2.24) is 14.8 Å². The molecule has 2 saturated heterocycles. The molecule has 0 aliphatic carbocycles. The Labute approximate surface area is 157 Å². The Morgan fingerprint density at radius 2 is 1.63 bits per heavy atom. The van der Waals surface area contributed by atoms with E-state index < -0.39 is 0 Å². The number of amides is 2. The summed E-state index contributed by atoms with van der Waals surface area (Å²) in [7, 11) is 0. The fourth-order valence-corrected chi connectivity index (χ4v) is 3.63. The predicted octanol–water partition coefficient (Wildman–Crippen LogP) is 2.59. The minimum absolute atomic E-state index is 0.0592. The van der Waals surface area contributed by atoms with Crippen molar-refractivity contribution >= 4 is 11.8 Å². The van der Waals surface area contributed by atoms with Crippen LogP contribution in [0.1, 0.15) is 46.6 Å². The van der Waals surface area contributed by atoms with Crippen LogP contribution < -0.4 is 4.74 Å². The Bertz CT molecular complexity index is 774. The molecule has 2 amide bonds. The van der Waals surface area contributed by atoms with Crippen molar-refractivity contribution in [3.8, 4) is 5.75 Å². The number of hydrogen-bond donors (Lipinski definition) is 0. The summed E-state index contributed by atoms with van der Waals surface area (Å²) in [6.45, 7) is 2.94. The van der Waals surface area contributed by atoms with Gasteiger partial charge in [-0.1, -0.05) is 0 Å². The summed E-state index contributed by atoms with van der Waals surface area (Å²) < 4.78 is 11.1. The second-order valence-electron chi connectivity index (χ2n) is 7.00. The molecule has 2 aromatic rings. The molecule has 0 unspecified atom stereocenters. The van der Waals surface area contributed by atoms with Crippen LogP contribution in [0.25, 0.3) is 0 Å². The molecule has 2 aliphatic rings. The summed E-state index contributed by atoms with van der Waals surface area (Å²) in [5.74, 6) is 0.995. The first-order valence-corrected chi connectivity index (χ1v) is 9.44. The second-order valence-corrected chi connectivity index (χ2v) is 7.00. The number of oxazole rings is 1. The summed E-state index contributed by atoms with van der Waals surface area (Å²) in [6, 6.07) is 7.38. The van der Waals surface area contributed by atoms with Gasteiger partial charge in [0.15, 0.2) is 6.39 Å². The molecule has 7 nitrogen and oxygen atoms in total. The molecule has 27 heavy (non-hydrogen) atoms. The molecular formula is C20H23N3O4. The molecule has 1 aromatic carbocycles. The van der Waals surface area contributed by atoms with E-state index in [1.807, 2.05) is 29.2 Å². The van der Waals surface area contributed by atoms with Gasteiger partial charge in [0.2, 0.25) is 5.76 Å². The lowest BCUT2D eigenvalue weighted by Crippen LogP contribution is -2.41. The van der Waals surface area contributed by atoms with Crippen LogP contribution in [-0.2, 0) is 0 Å². The number of nitrogens with zero attached hydrogens (tertiary/aromatic N) is 3. The van der Waals surface area contributed by atoms with Crippen LogP contribution in [0.2, 0.25) is 0 Å². The minimum atomic E-state index is -0.129. The van der Waals surface area contributed by atoms with E-state index in [4.69, 9.17) is 9.15 Å². The van der Waals surface area contributed by atoms with Crippen molar-refractivity contribution in [2.75, 3.05) is 26.2 Å². The van der Waals surface area contributed by atoms with Crippen molar-refractivity contribution < 1.29 is 18.7 Å². The number of aromatic nitrogens is 1. The summed E-state index contributed by atoms with van der Waals surface area (Å²) in [4.78, 5) is 32.1. The third kappa shape index (κ3) is 3.97. The highest BCUT2D eigenvalue weighted by Crippen LogP contribution is 2.22. The molecule has 4 rings (SSSR count). The van der Waals surface area contributed by atoms with Gasteiger partial charge in [-0.15, -0.1) is 0 Å².